The Kier molecular flexibility index (Phi) is 6.01. The molecule has 2 aromatic rings. The number of ketones is 1. The number of hydrogen-bond acceptors (Lipinski definition) is 5. The van der Waals surface area contributed by atoms with Gasteiger partial charge < -0.3 is 14.4 Å². The molecule has 152 valence electrons. The normalized spacial score (nSPS) is 17.2. The summed E-state index contributed by atoms with van der Waals surface area (Å²) >= 11 is 0. The minimum Gasteiger partial charge on any atom is -0.497 e. The number of hydrogen-bond donors (Lipinski definition) is 0. The number of Topliss-reactive ketones (excluding diaryl/α,β-unsaturated/α-hetero) is 1. The van der Waals surface area contributed by atoms with Crippen LogP contribution in [0.5, 0.6) is 5.75 Å². The molecule has 0 bridgehead atoms. The van der Waals surface area contributed by atoms with Gasteiger partial charge in [0.2, 0.25) is 11.7 Å². The number of amides is 1. The third kappa shape index (κ3) is 4.31. The van der Waals surface area contributed by atoms with Gasteiger partial charge in [0.15, 0.2) is 6.10 Å². The number of benzene rings is 2. The first-order valence-corrected chi connectivity index (χ1v) is 9.57. The largest absolute Gasteiger partial charge is 0.497 e. The van der Waals surface area contributed by atoms with E-state index in [2.05, 4.69) is 0 Å². The molecule has 0 unspecified atom stereocenters. The van der Waals surface area contributed by atoms with Crippen molar-refractivity contribution in [2.75, 3.05) is 18.6 Å². The van der Waals surface area contributed by atoms with Crippen molar-refractivity contribution in [2.24, 2.45) is 5.92 Å². The Hall–Kier alpha value is -3.15. The Balaban J connectivity index is 1.66. The molecule has 0 spiro atoms. The van der Waals surface area contributed by atoms with Gasteiger partial charge in [-0.15, -0.1) is 0 Å². The number of ether oxygens (including phenoxy) is 2. The van der Waals surface area contributed by atoms with Crippen LogP contribution in [0.2, 0.25) is 0 Å². The molecule has 0 aromatic heterocycles. The minimum absolute atomic E-state index is 0.0794. The number of methoxy groups -OCH3 is 1. The maximum absolute atomic E-state index is 12.6. The zero-order valence-electron chi connectivity index (χ0n) is 17.1. The molecule has 2 aromatic carbocycles. The summed E-state index contributed by atoms with van der Waals surface area (Å²) in [5.74, 6) is -0.883. The van der Waals surface area contributed by atoms with Crippen LogP contribution in [0.4, 0.5) is 5.69 Å². The molecule has 0 radical (unpaired) electrons. The predicted molar refractivity (Wildman–Crippen MR) is 109 cm³/mol. The summed E-state index contributed by atoms with van der Waals surface area (Å²) in [4.78, 5) is 39.3. The molecule has 0 aliphatic carbocycles. The molecule has 1 fully saturated rings. The highest BCUT2D eigenvalue weighted by Crippen LogP contribution is 2.31. The van der Waals surface area contributed by atoms with Crippen LogP contribution >= 0.6 is 0 Å². The fourth-order valence-electron chi connectivity index (χ4n) is 3.63. The van der Waals surface area contributed by atoms with Crippen molar-refractivity contribution in [3.63, 3.8) is 0 Å². The van der Waals surface area contributed by atoms with Crippen molar-refractivity contribution < 1.29 is 23.9 Å². The van der Waals surface area contributed by atoms with E-state index in [0.717, 1.165) is 16.8 Å². The van der Waals surface area contributed by atoms with Crippen molar-refractivity contribution >= 4 is 23.3 Å². The first-order valence-electron chi connectivity index (χ1n) is 9.57. The Morgan fingerprint density at radius 2 is 1.69 bits per heavy atom. The maximum atomic E-state index is 12.6. The van der Waals surface area contributed by atoms with Crippen LogP contribution in [0.15, 0.2) is 42.5 Å². The van der Waals surface area contributed by atoms with Crippen LogP contribution in [0.1, 0.15) is 34.8 Å². The van der Waals surface area contributed by atoms with Crippen molar-refractivity contribution in [3.8, 4) is 5.75 Å². The van der Waals surface area contributed by atoms with E-state index in [0.29, 0.717) is 11.3 Å². The van der Waals surface area contributed by atoms with Crippen molar-refractivity contribution in [3.05, 3.63) is 59.2 Å². The topological polar surface area (TPSA) is 72.9 Å². The number of aryl methyl sites for hydroxylation is 2. The molecule has 1 saturated heterocycles. The predicted octanol–water partition coefficient (Wildman–Crippen LogP) is 3.48. The summed E-state index contributed by atoms with van der Waals surface area (Å²) in [5.41, 5.74) is 3.24. The van der Waals surface area contributed by atoms with Crippen LogP contribution in [0.25, 0.3) is 0 Å². The van der Waals surface area contributed by atoms with E-state index in [1.165, 1.54) is 0 Å². The van der Waals surface area contributed by atoms with Gasteiger partial charge in [0.25, 0.3) is 0 Å². The van der Waals surface area contributed by atoms with Crippen molar-refractivity contribution in [2.45, 2.75) is 33.3 Å². The maximum Gasteiger partial charge on any atom is 0.312 e. The monoisotopic (exact) mass is 395 g/mol. The Morgan fingerprint density at radius 3 is 2.28 bits per heavy atom. The first kappa shape index (κ1) is 20.6. The molecule has 1 aliphatic rings. The lowest BCUT2D eigenvalue weighted by molar-refractivity contribution is -0.151. The van der Waals surface area contributed by atoms with Gasteiger partial charge in [-0.2, -0.15) is 0 Å². The lowest BCUT2D eigenvalue weighted by Crippen LogP contribution is -2.31. The summed E-state index contributed by atoms with van der Waals surface area (Å²) in [6.45, 7) is 5.69. The number of carbonyl (C=O) groups excluding carboxylic acids is 3. The van der Waals surface area contributed by atoms with E-state index in [1.54, 1.807) is 43.2 Å². The number of esters is 1. The SMILES string of the molecule is COc1ccc(C(=O)[C@@H](C)OC(=O)[C@H]2CC(=O)N(c3c(C)cccc3C)C2)cc1. The zero-order valence-corrected chi connectivity index (χ0v) is 17.1. The second kappa shape index (κ2) is 8.47. The van der Waals surface area contributed by atoms with Crippen LogP contribution in [0, 0.1) is 19.8 Å². The highest BCUT2D eigenvalue weighted by atomic mass is 16.5. The van der Waals surface area contributed by atoms with Crippen LogP contribution in [-0.4, -0.2) is 37.4 Å². The molecular weight excluding hydrogens is 370 g/mol. The number of para-hydroxylation sites is 1. The van der Waals surface area contributed by atoms with E-state index in [1.807, 2.05) is 32.0 Å². The van der Waals surface area contributed by atoms with E-state index >= 15 is 0 Å². The Labute approximate surface area is 170 Å². The molecule has 0 saturated carbocycles. The van der Waals surface area contributed by atoms with Crippen molar-refractivity contribution in [1.29, 1.82) is 0 Å². The second-order valence-corrected chi connectivity index (χ2v) is 7.32. The average Bonchev–Trinajstić information content (AvgIpc) is 3.09. The summed E-state index contributed by atoms with van der Waals surface area (Å²) < 4.78 is 10.5. The van der Waals surface area contributed by atoms with Gasteiger partial charge in [-0.05, 0) is 56.2 Å². The van der Waals surface area contributed by atoms with Crippen LogP contribution < -0.4 is 9.64 Å². The lowest BCUT2D eigenvalue weighted by Gasteiger charge is -2.21. The van der Waals surface area contributed by atoms with Gasteiger partial charge >= 0.3 is 5.97 Å². The summed E-state index contributed by atoms with van der Waals surface area (Å²) in [6.07, 6.45) is -0.851. The molecule has 1 amide bonds. The Morgan fingerprint density at radius 1 is 1.07 bits per heavy atom. The highest BCUT2D eigenvalue weighted by Gasteiger charge is 2.38. The van der Waals surface area contributed by atoms with Gasteiger partial charge in [0.1, 0.15) is 5.75 Å². The quantitative estimate of drug-likeness (QED) is 0.553. The summed E-state index contributed by atoms with van der Waals surface area (Å²) in [6, 6.07) is 12.4. The fraction of sp³-hybridized carbons (Fsp3) is 0.348. The molecular formula is C23H25NO5. The average molecular weight is 395 g/mol. The minimum atomic E-state index is -0.930. The Bertz CT molecular complexity index is 915. The molecule has 2 atom stereocenters. The van der Waals surface area contributed by atoms with Gasteiger partial charge in [0, 0.05) is 24.2 Å². The van der Waals surface area contributed by atoms with Crippen LogP contribution in [-0.2, 0) is 14.3 Å². The van der Waals surface area contributed by atoms with Gasteiger partial charge in [-0.25, -0.2) is 0 Å². The van der Waals surface area contributed by atoms with Gasteiger partial charge in [0.05, 0.1) is 13.0 Å². The molecule has 0 N–H and O–H groups in total. The summed E-state index contributed by atoms with van der Waals surface area (Å²) in [5, 5.41) is 0. The molecule has 6 heteroatoms. The number of rotatable bonds is 6. The number of anilines is 1. The molecule has 29 heavy (non-hydrogen) atoms. The first-order chi connectivity index (χ1) is 13.8. The highest BCUT2D eigenvalue weighted by molar-refractivity contribution is 6.02. The third-order valence-corrected chi connectivity index (χ3v) is 5.20. The third-order valence-electron chi connectivity index (χ3n) is 5.20. The number of carbonyl (C=O) groups is 3. The molecule has 1 aliphatic heterocycles. The van der Waals surface area contributed by atoms with E-state index < -0.39 is 18.0 Å². The van der Waals surface area contributed by atoms with Gasteiger partial charge in [-0.1, -0.05) is 18.2 Å². The summed E-state index contributed by atoms with van der Waals surface area (Å²) in [7, 11) is 1.55. The molecule has 1 heterocycles. The van der Waals surface area contributed by atoms with Gasteiger partial charge in [-0.3, -0.25) is 14.4 Å². The zero-order chi connectivity index (χ0) is 21.1. The van der Waals surface area contributed by atoms with Crippen molar-refractivity contribution in [1.82, 2.24) is 0 Å². The standard InChI is InChI=1S/C23H25NO5/c1-14-6-5-7-15(2)21(14)24-13-18(12-20(24)25)23(27)29-16(3)22(26)17-8-10-19(28-4)11-9-17/h5-11,16,18H,12-13H2,1-4H3/t16-,18+/m1/s1. The van der Waals surface area contributed by atoms with Crippen LogP contribution in [0.3, 0.4) is 0 Å². The van der Waals surface area contributed by atoms with E-state index in [4.69, 9.17) is 9.47 Å². The van der Waals surface area contributed by atoms with E-state index in [-0.39, 0.29) is 24.7 Å². The van der Waals surface area contributed by atoms with E-state index in [9.17, 15) is 14.4 Å². The molecule has 3 rings (SSSR count). The number of nitrogens with zero attached hydrogens (tertiary/aromatic N) is 1. The lowest BCUT2D eigenvalue weighted by atomic mass is 10.1. The fourth-order valence-corrected chi connectivity index (χ4v) is 3.63. The molecule has 6 nitrogen and oxygen atoms in total. The second-order valence-electron chi connectivity index (χ2n) is 7.32. The smallest absolute Gasteiger partial charge is 0.312 e.